The molecule has 4 heteroatoms. The number of hydrogen-bond acceptors (Lipinski definition) is 3. The van der Waals surface area contributed by atoms with Gasteiger partial charge in [0.25, 0.3) is 0 Å². The predicted octanol–water partition coefficient (Wildman–Crippen LogP) is 5.37. The Bertz CT molecular complexity index is 606. The molecule has 22 heavy (non-hydrogen) atoms. The van der Waals surface area contributed by atoms with Gasteiger partial charge in [-0.15, -0.1) is 11.3 Å². The second kappa shape index (κ2) is 7.24. The topological polar surface area (TPSA) is 16.1 Å². The van der Waals surface area contributed by atoms with Crippen LogP contribution in [0.1, 0.15) is 37.6 Å². The molecule has 1 aliphatic heterocycles. The van der Waals surface area contributed by atoms with E-state index in [4.69, 9.17) is 4.98 Å². The van der Waals surface area contributed by atoms with Crippen LogP contribution >= 0.6 is 27.3 Å². The molecule has 2 aromatic rings. The van der Waals surface area contributed by atoms with Gasteiger partial charge in [-0.2, -0.15) is 0 Å². The zero-order chi connectivity index (χ0) is 15.5. The Morgan fingerprint density at radius 3 is 2.82 bits per heavy atom. The lowest BCUT2D eigenvalue weighted by Gasteiger charge is -2.32. The van der Waals surface area contributed by atoms with Crippen LogP contribution in [-0.2, 0) is 0 Å². The van der Waals surface area contributed by atoms with Crippen LogP contribution in [0.5, 0.6) is 0 Å². The van der Waals surface area contributed by atoms with Crippen LogP contribution < -0.4 is 0 Å². The number of nitrogens with zero attached hydrogens (tertiary/aromatic N) is 2. The number of piperidine rings is 1. The van der Waals surface area contributed by atoms with E-state index >= 15 is 0 Å². The molecular weight excluding hydrogens is 356 g/mol. The number of thiazole rings is 1. The van der Waals surface area contributed by atoms with Crippen molar-refractivity contribution >= 4 is 27.3 Å². The fourth-order valence-corrected chi connectivity index (χ4v) is 4.30. The van der Waals surface area contributed by atoms with Gasteiger partial charge >= 0.3 is 0 Å². The lowest BCUT2D eigenvalue weighted by molar-refractivity contribution is 0.215. The molecule has 0 amide bonds. The zero-order valence-electron chi connectivity index (χ0n) is 13.2. The summed E-state index contributed by atoms with van der Waals surface area (Å²) in [6, 6.07) is 8.42. The van der Waals surface area contributed by atoms with E-state index in [9.17, 15) is 0 Å². The van der Waals surface area contributed by atoms with Gasteiger partial charge < -0.3 is 4.90 Å². The molecule has 0 aliphatic carbocycles. The quantitative estimate of drug-likeness (QED) is 0.711. The monoisotopic (exact) mass is 377 g/mol. The Balaban J connectivity index is 1.71. The van der Waals surface area contributed by atoms with Crippen molar-refractivity contribution < 1.29 is 0 Å². The van der Waals surface area contributed by atoms with Gasteiger partial charge in [0, 0.05) is 34.4 Å². The van der Waals surface area contributed by atoms with Gasteiger partial charge in [0.05, 0.1) is 10.7 Å². The summed E-state index contributed by atoms with van der Waals surface area (Å²) >= 11 is 5.31. The van der Waals surface area contributed by atoms with Crippen LogP contribution in [-0.4, -0.2) is 29.5 Å². The van der Waals surface area contributed by atoms with E-state index in [1.165, 1.54) is 35.9 Å². The number of hydrogen-bond donors (Lipinski definition) is 0. The van der Waals surface area contributed by atoms with E-state index in [1.807, 2.05) is 11.3 Å². The number of rotatable bonds is 4. The molecule has 1 unspecified atom stereocenters. The molecular formula is C18H22BrN2S. The highest BCUT2D eigenvalue weighted by molar-refractivity contribution is 9.10. The number of likely N-dealkylation sites (tertiary alicyclic amines) is 1. The molecule has 2 nitrogen and oxygen atoms in total. The highest BCUT2D eigenvalue weighted by Crippen LogP contribution is 2.32. The van der Waals surface area contributed by atoms with Gasteiger partial charge in [0.2, 0.25) is 0 Å². The highest BCUT2D eigenvalue weighted by Gasteiger charge is 2.24. The molecule has 1 saturated heterocycles. The molecule has 3 rings (SSSR count). The van der Waals surface area contributed by atoms with E-state index in [0.717, 1.165) is 23.3 Å². The predicted molar refractivity (Wildman–Crippen MR) is 98.3 cm³/mol. The fraction of sp³-hybridized carbons (Fsp3) is 0.444. The van der Waals surface area contributed by atoms with E-state index in [0.29, 0.717) is 5.92 Å². The van der Waals surface area contributed by atoms with Crippen LogP contribution in [0, 0.1) is 5.92 Å². The molecule has 1 fully saturated rings. The molecule has 1 aromatic heterocycles. The van der Waals surface area contributed by atoms with Gasteiger partial charge in [-0.1, -0.05) is 41.9 Å². The van der Waals surface area contributed by atoms with Gasteiger partial charge in [0.15, 0.2) is 0 Å². The van der Waals surface area contributed by atoms with E-state index < -0.39 is 0 Å². The summed E-state index contributed by atoms with van der Waals surface area (Å²) in [6.07, 6.45) is 2.55. The molecule has 1 aliphatic rings. The third kappa shape index (κ3) is 3.98. The molecule has 0 saturated carbocycles. The second-order valence-electron chi connectivity index (χ2n) is 6.36. The number of benzene rings is 1. The van der Waals surface area contributed by atoms with Crippen molar-refractivity contribution in [3.63, 3.8) is 0 Å². The highest BCUT2D eigenvalue weighted by atomic mass is 79.9. The summed E-state index contributed by atoms with van der Waals surface area (Å²) in [4.78, 5) is 7.49. The third-order valence-electron chi connectivity index (χ3n) is 4.06. The Labute approximate surface area is 145 Å². The summed E-state index contributed by atoms with van der Waals surface area (Å²) in [5.74, 6) is 2.10. The molecule has 117 valence electrons. The van der Waals surface area contributed by atoms with Crippen LogP contribution in [0.25, 0.3) is 11.3 Å². The minimum atomic E-state index is 0.599. The summed E-state index contributed by atoms with van der Waals surface area (Å²) in [7, 11) is 0. The number of halogens is 1. The van der Waals surface area contributed by atoms with Crippen molar-refractivity contribution in [1.82, 2.24) is 9.88 Å². The summed E-state index contributed by atoms with van der Waals surface area (Å²) in [5, 5.41) is 3.51. The van der Waals surface area contributed by atoms with E-state index in [2.05, 4.69) is 64.3 Å². The van der Waals surface area contributed by atoms with Crippen LogP contribution in [0.3, 0.4) is 0 Å². The first-order valence-electron chi connectivity index (χ1n) is 7.84. The van der Waals surface area contributed by atoms with Gasteiger partial charge in [0.1, 0.15) is 0 Å². The van der Waals surface area contributed by atoms with Crippen molar-refractivity contribution in [3.05, 3.63) is 45.0 Å². The van der Waals surface area contributed by atoms with Crippen molar-refractivity contribution in [2.75, 3.05) is 19.6 Å². The van der Waals surface area contributed by atoms with Crippen molar-refractivity contribution in [3.8, 4) is 11.3 Å². The molecule has 1 radical (unpaired) electrons. The Morgan fingerprint density at radius 1 is 1.32 bits per heavy atom. The first kappa shape index (κ1) is 16.2. The van der Waals surface area contributed by atoms with Gasteiger partial charge in [-0.3, -0.25) is 0 Å². The van der Waals surface area contributed by atoms with Crippen LogP contribution in [0.15, 0.2) is 34.1 Å². The Kier molecular flexibility index (Phi) is 5.32. The first-order valence-corrected chi connectivity index (χ1v) is 9.52. The van der Waals surface area contributed by atoms with Crippen molar-refractivity contribution in [2.24, 2.45) is 0 Å². The largest absolute Gasteiger partial charge is 0.302 e. The van der Waals surface area contributed by atoms with Crippen LogP contribution in [0.2, 0.25) is 0 Å². The summed E-state index contributed by atoms with van der Waals surface area (Å²) in [6.45, 7) is 7.95. The lowest BCUT2D eigenvalue weighted by Crippen LogP contribution is -2.36. The Morgan fingerprint density at radius 2 is 2.09 bits per heavy atom. The summed E-state index contributed by atoms with van der Waals surface area (Å²) < 4.78 is 1.11. The van der Waals surface area contributed by atoms with E-state index in [1.54, 1.807) is 0 Å². The van der Waals surface area contributed by atoms with Crippen LogP contribution in [0.4, 0.5) is 0 Å². The van der Waals surface area contributed by atoms with Gasteiger partial charge in [-0.25, -0.2) is 4.98 Å². The molecule has 0 bridgehead atoms. The molecule has 0 N–H and O–H groups in total. The van der Waals surface area contributed by atoms with E-state index in [-0.39, 0.29) is 0 Å². The minimum Gasteiger partial charge on any atom is -0.302 e. The first-order chi connectivity index (χ1) is 10.6. The summed E-state index contributed by atoms with van der Waals surface area (Å²) in [5.41, 5.74) is 2.32. The smallest absolute Gasteiger partial charge is 0.0976 e. The molecule has 1 aromatic carbocycles. The average molecular weight is 378 g/mol. The van der Waals surface area contributed by atoms with Crippen molar-refractivity contribution in [2.45, 2.75) is 32.6 Å². The standard InChI is InChI=1S/C18H22BrN2S/c1-13(2)10-21-9-3-4-15(11-21)18-20-17(12-22-18)14-5-7-16(19)8-6-14/h5-8,12,15H,3-4,9-11H2,1-2H3. The normalized spacial score (nSPS) is 19.7. The third-order valence-corrected chi connectivity index (χ3v) is 5.59. The molecule has 1 atom stereocenters. The zero-order valence-corrected chi connectivity index (χ0v) is 15.6. The Hall–Kier alpha value is -0.710. The maximum absolute atomic E-state index is 4.92. The SMILES string of the molecule is C[C](C)CN1CCCC(c2nc(-c3ccc(Br)cc3)cs2)C1. The molecule has 0 spiro atoms. The fourth-order valence-electron chi connectivity index (χ4n) is 3.08. The average Bonchev–Trinajstić information content (AvgIpc) is 2.97. The lowest BCUT2D eigenvalue weighted by atomic mass is 9.98. The second-order valence-corrected chi connectivity index (χ2v) is 8.16. The maximum Gasteiger partial charge on any atom is 0.0976 e. The van der Waals surface area contributed by atoms with Gasteiger partial charge in [-0.05, 0) is 37.4 Å². The number of aromatic nitrogens is 1. The maximum atomic E-state index is 4.92. The molecule has 2 heterocycles. The minimum absolute atomic E-state index is 0.599. The van der Waals surface area contributed by atoms with Crippen molar-refractivity contribution in [1.29, 1.82) is 0 Å².